The number of carbonyl (C=O) groups excluding carboxylic acids is 1. The number of hydrogen-bond acceptors (Lipinski definition) is 2. The van der Waals surface area contributed by atoms with Crippen LogP contribution in [-0.4, -0.2) is 18.5 Å². The van der Waals surface area contributed by atoms with E-state index in [2.05, 4.69) is 17.6 Å². The van der Waals surface area contributed by atoms with Gasteiger partial charge in [-0.3, -0.25) is 4.79 Å². The zero-order chi connectivity index (χ0) is 16.3. The lowest BCUT2D eigenvalue weighted by atomic mass is 9.93. The van der Waals surface area contributed by atoms with Crippen LogP contribution in [0.4, 0.5) is 13.2 Å². The minimum absolute atomic E-state index is 0.156. The van der Waals surface area contributed by atoms with Gasteiger partial charge in [0.05, 0.1) is 17.6 Å². The maximum atomic E-state index is 12.7. The topological polar surface area (TPSA) is 41.1 Å². The number of carbonyl (C=O) groups is 1. The molecule has 1 heterocycles. The van der Waals surface area contributed by atoms with E-state index in [0.717, 1.165) is 31.5 Å². The van der Waals surface area contributed by atoms with Crippen LogP contribution in [0, 0.1) is 5.92 Å². The predicted molar refractivity (Wildman–Crippen MR) is 78.2 cm³/mol. The highest BCUT2D eigenvalue weighted by Crippen LogP contribution is 2.30. The highest BCUT2D eigenvalue weighted by molar-refractivity contribution is 5.82. The van der Waals surface area contributed by atoms with Crippen molar-refractivity contribution in [3.8, 4) is 0 Å². The molecule has 1 aromatic rings. The van der Waals surface area contributed by atoms with Gasteiger partial charge in [-0.2, -0.15) is 13.2 Å². The van der Waals surface area contributed by atoms with Crippen molar-refractivity contribution in [2.75, 3.05) is 6.54 Å². The maximum absolute atomic E-state index is 12.7. The number of piperidine rings is 1. The molecule has 3 atom stereocenters. The monoisotopic (exact) mass is 314 g/mol. The van der Waals surface area contributed by atoms with Crippen molar-refractivity contribution in [2.45, 2.75) is 44.9 Å². The van der Waals surface area contributed by atoms with Crippen LogP contribution < -0.4 is 10.6 Å². The molecule has 0 bridgehead atoms. The molecule has 0 spiro atoms. The molecule has 1 fully saturated rings. The largest absolute Gasteiger partial charge is 0.416 e. The highest BCUT2D eigenvalue weighted by atomic mass is 19.4. The third kappa shape index (κ3) is 4.22. The molecule has 122 valence electrons. The number of rotatable bonds is 3. The second kappa shape index (κ2) is 6.69. The SMILES string of the molecule is CC1CCNC(C(=O)NC(C)c2cccc(C(F)(F)F)c2)C1. The number of hydrogen-bond donors (Lipinski definition) is 2. The summed E-state index contributed by atoms with van der Waals surface area (Å²) in [6.07, 6.45) is -2.59. The summed E-state index contributed by atoms with van der Waals surface area (Å²) in [6, 6.07) is 4.34. The van der Waals surface area contributed by atoms with E-state index in [-0.39, 0.29) is 11.9 Å². The fourth-order valence-electron chi connectivity index (χ4n) is 2.69. The Labute approximate surface area is 128 Å². The standard InChI is InChI=1S/C16H21F3N2O/c1-10-6-7-20-14(8-10)15(22)21-11(2)12-4-3-5-13(9-12)16(17,18)19/h3-5,9-11,14,20H,6-8H2,1-2H3,(H,21,22). The van der Waals surface area contributed by atoms with Gasteiger partial charge in [0.15, 0.2) is 0 Å². The van der Waals surface area contributed by atoms with E-state index >= 15 is 0 Å². The van der Waals surface area contributed by atoms with Crippen molar-refractivity contribution in [3.05, 3.63) is 35.4 Å². The van der Waals surface area contributed by atoms with Crippen molar-refractivity contribution in [1.29, 1.82) is 0 Å². The van der Waals surface area contributed by atoms with Gasteiger partial charge in [-0.15, -0.1) is 0 Å². The van der Waals surface area contributed by atoms with Gasteiger partial charge in [-0.05, 0) is 49.9 Å². The third-order valence-electron chi connectivity index (χ3n) is 4.06. The van der Waals surface area contributed by atoms with Gasteiger partial charge in [0.2, 0.25) is 5.91 Å². The number of alkyl halides is 3. The van der Waals surface area contributed by atoms with Gasteiger partial charge in [-0.1, -0.05) is 19.1 Å². The molecular formula is C16H21F3N2O. The van der Waals surface area contributed by atoms with E-state index < -0.39 is 17.8 Å². The Morgan fingerprint density at radius 2 is 2.14 bits per heavy atom. The van der Waals surface area contributed by atoms with E-state index in [1.165, 1.54) is 6.07 Å². The van der Waals surface area contributed by atoms with Crippen LogP contribution in [0.2, 0.25) is 0 Å². The molecule has 1 saturated heterocycles. The first-order valence-electron chi connectivity index (χ1n) is 7.48. The van der Waals surface area contributed by atoms with Crippen LogP contribution in [0.3, 0.4) is 0 Å². The van der Waals surface area contributed by atoms with Gasteiger partial charge >= 0.3 is 6.18 Å². The quantitative estimate of drug-likeness (QED) is 0.899. The van der Waals surface area contributed by atoms with Crippen molar-refractivity contribution in [3.63, 3.8) is 0 Å². The van der Waals surface area contributed by atoms with Crippen LogP contribution in [0.15, 0.2) is 24.3 Å². The first kappa shape index (κ1) is 16.8. The van der Waals surface area contributed by atoms with Crippen molar-refractivity contribution in [2.24, 2.45) is 5.92 Å². The van der Waals surface area contributed by atoms with Gasteiger partial charge in [-0.25, -0.2) is 0 Å². The summed E-state index contributed by atoms with van der Waals surface area (Å²) >= 11 is 0. The van der Waals surface area contributed by atoms with Crippen molar-refractivity contribution >= 4 is 5.91 Å². The normalized spacial score (nSPS) is 23.9. The zero-order valence-electron chi connectivity index (χ0n) is 12.7. The Morgan fingerprint density at radius 3 is 2.77 bits per heavy atom. The molecule has 0 saturated carbocycles. The molecule has 1 aliphatic rings. The molecule has 22 heavy (non-hydrogen) atoms. The number of halogens is 3. The number of nitrogens with one attached hydrogen (secondary N) is 2. The van der Waals surface area contributed by atoms with Crippen molar-refractivity contribution < 1.29 is 18.0 Å². The molecule has 1 aromatic carbocycles. The third-order valence-corrected chi connectivity index (χ3v) is 4.06. The Hall–Kier alpha value is -1.56. The lowest BCUT2D eigenvalue weighted by molar-refractivity contribution is -0.137. The van der Waals surface area contributed by atoms with Gasteiger partial charge in [0.25, 0.3) is 0 Å². The average molecular weight is 314 g/mol. The smallest absolute Gasteiger partial charge is 0.348 e. The van der Waals surface area contributed by atoms with Crippen LogP contribution in [-0.2, 0) is 11.0 Å². The summed E-state index contributed by atoms with van der Waals surface area (Å²) < 4.78 is 38.2. The molecule has 0 aliphatic carbocycles. The molecule has 2 rings (SSSR count). The molecule has 2 N–H and O–H groups in total. The fraction of sp³-hybridized carbons (Fsp3) is 0.562. The van der Waals surface area contributed by atoms with E-state index in [4.69, 9.17) is 0 Å². The second-order valence-electron chi connectivity index (χ2n) is 5.99. The van der Waals surface area contributed by atoms with Crippen LogP contribution >= 0.6 is 0 Å². The molecular weight excluding hydrogens is 293 g/mol. The lowest BCUT2D eigenvalue weighted by Crippen LogP contribution is -2.48. The summed E-state index contributed by atoms with van der Waals surface area (Å²) in [7, 11) is 0. The Balaban J connectivity index is 2.02. The molecule has 3 nitrogen and oxygen atoms in total. The maximum Gasteiger partial charge on any atom is 0.416 e. The minimum atomic E-state index is -4.37. The summed E-state index contributed by atoms with van der Waals surface area (Å²) in [5, 5.41) is 5.95. The van der Waals surface area contributed by atoms with Crippen LogP contribution in [0.5, 0.6) is 0 Å². The zero-order valence-corrected chi connectivity index (χ0v) is 12.7. The Morgan fingerprint density at radius 1 is 1.41 bits per heavy atom. The van der Waals surface area contributed by atoms with E-state index in [9.17, 15) is 18.0 Å². The Bertz CT molecular complexity index is 530. The van der Waals surface area contributed by atoms with Gasteiger partial charge in [0, 0.05) is 0 Å². The summed E-state index contributed by atoms with van der Waals surface area (Å²) in [5.41, 5.74) is -0.248. The highest BCUT2D eigenvalue weighted by Gasteiger charge is 2.31. The van der Waals surface area contributed by atoms with Crippen molar-refractivity contribution in [1.82, 2.24) is 10.6 Å². The lowest BCUT2D eigenvalue weighted by Gasteiger charge is -2.28. The molecule has 3 unspecified atom stereocenters. The van der Waals surface area contributed by atoms with E-state index in [0.29, 0.717) is 11.5 Å². The molecule has 0 radical (unpaired) electrons. The number of amides is 1. The number of benzene rings is 1. The molecule has 1 aliphatic heterocycles. The Kier molecular flexibility index (Phi) is 5.11. The van der Waals surface area contributed by atoms with E-state index in [1.807, 2.05) is 0 Å². The molecule has 1 amide bonds. The van der Waals surface area contributed by atoms with Crippen LogP contribution in [0.25, 0.3) is 0 Å². The summed E-state index contributed by atoms with van der Waals surface area (Å²) in [4.78, 5) is 12.2. The minimum Gasteiger partial charge on any atom is -0.348 e. The van der Waals surface area contributed by atoms with Gasteiger partial charge in [0.1, 0.15) is 0 Å². The van der Waals surface area contributed by atoms with Gasteiger partial charge < -0.3 is 10.6 Å². The first-order chi connectivity index (χ1) is 10.3. The molecule has 0 aromatic heterocycles. The fourth-order valence-corrected chi connectivity index (χ4v) is 2.69. The molecule has 6 heteroatoms. The second-order valence-corrected chi connectivity index (χ2v) is 5.99. The predicted octanol–water partition coefficient (Wildman–Crippen LogP) is 3.27. The van der Waals surface area contributed by atoms with E-state index in [1.54, 1.807) is 13.0 Å². The van der Waals surface area contributed by atoms with Crippen LogP contribution in [0.1, 0.15) is 43.9 Å². The first-order valence-corrected chi connectivity index (χ1v) is 7.48. The average Bonchev–Trinajstić information content (AvgIpc) is 2.46. The summed E-state index contributed by atoms with van der Waals surface area (Å²) in [6.45, 7) is 4.58. The summed E-state index contributed by atoms with van der Waals surface area (Å²) in [5.74, 6) is 0.317.